The number of thioether (sulfide) groups is 1. The van der Waals surface area contributed by atoms with Crippen molar-refractivity contribution in [3.8, 4) is 0 Å². The zero-order valence-electron chi connectivity index (χ0n) is 14.6. The van der Waals surface area contributed by atoms with Crippen LogP contribution in [-0.4, -0.2) is 30.1 Å². The molecule has 2 aromatic carbocycles. The standard InChI is InChI=1S/C19H20N2O4S/c1-12-7-8-14(13(2)9-12)19(24)25-10-18(23)21-15-5-3-4-6-16(15)26-11-17(20)22/h3-9H,10-11H2,1-2H3,(H2,20,22)(H,21,23). The summed E-state index contributed by atoms with van der Waals surface area (Å²) in [6.45, 7) is 3.35. The van der Waals surface area contributed by atoms with E-state index in [9.17, 15) is 14.4 Å². The van der Waals surface area contributed by atoms with Crippen LogP contribution in [0.25, 0.3) is 0 Å². The fourth-order valence-electron chi connectivity index (χ4n) is 2.28. The van der Waals surface area contributed by atoms with Gasteiger partial charge in [0.15, 0.2) is 6.61 Å². The highest BCUT2D eigenvalue weighted by molar-refractivity contribution is 8.00. The Morgan fingerprint density at radius 1 is 1.12 bits per heavy atom. The fraction of sp³-hybridized carbons (Fsp3) is 0.211. The molecule has 26 heavy (non-hydrogen) atoms. The molecule has 0 unspecified atom stereocenters. The van der Waals surface area contributed by atoms with Crippen LogP contribution in [0.1, 0.15) is 21.5 Å². The van der Waals surface area contributed by atoms with Crippen molar-refractivity contribution in [2.24, 2.45) is 5.73 Å². The average molecular weight is 372 g/mol. The maximum Gasteiger partial charge on any atom is 0.338 e. The van der Waals surface area contributed by atoms with Gasteiger partial charge in [0.25, 0.3) is 5.91 Å². The Morgan fingerprint density at radius 3 is 2.54 bits per heavy atom. The van der Waals surface area contributed by atoms with Crippen LogP contribution in [0.5, 0.6) is 0 Å². The fourth-order valence-corrected chi connectivity index (χ4v) is 3.03. The van der Waals surface area contributed by atoms with E-state index < -0.39 is 24.4 Å². The topological polar surface area (TPSA) is 98.5 Å². The Balaban J connectivity index is 1.95. The summed E-state index contributed by atoms with van der Waals surface area (Å²) in [7, 11) is 0. The van der Waals surface area contributed by atoms with E-state index in [1.807, 2.05) is 26.0 Å². The van der Waals surface area contributed by atoms with E-state index >= 15 is 0 Å². The van der Waals surface area contributed by atoms with Crippen LogP contribution in [0.2, 0.25) is 0 Å². The Hall–Kier alpha value is -2.80. The number of ether oxygens (including phenoxy) is 1. The minimum absolute atomic E-state index is 0.106. The van der Waals surface area contributed by atoms with Crippen molar-refractivity contribution in [1.82, 2.24) is 0 Å². The lowest BCUT2D eigenvalue weighted by Crippen LogP contribution is -2.21. The van der Waals surface area contributed by atoms with E-state index in [1.54, 1.807) is 30.3 Å². The van der Waals surface area contributed by atoms with E-state index in [1.165, 1.54) is 11.8 Å². The smallest absolute Gasteiger partial charge is 0.338 e. The predicted octanol–water partition coefficient (Wildman–Crippen LogP) is 2.68. The summed E-state index contributed by atoms with van der Waals surface area (Å²) in [4.78, 5) is 35.8. The van der Waals surface area contributed by atoms with E-state index in [-0.39, 0.29) is 5.75 Å². The minimum Gasteiger partial charge on any atom is -0.452 e. The molecule has 0 saturated heterocycles. The number of carbonyl (C=O) groups excluding carboxylic acids is 3. The number of hydrogen-bond acceptors (Lipinski definition) is 5. The van der Waals surface area contributed by atoms with Gasteiger partial charge in [0.1, 0.15) is 0 Å². The molecule has 0 atom stereocenters. The van der Waals surface area contributed by atoms with Crippen LogP contribution < -0.4 is 11.1 Å². The van der Waals surface area contributed by atoms with Crippen molar-refractivity contribution in [3.05, 3.63) is 59.2 Å². The molecule has 7 heteroatoms. The molecule has 2 aromatic rings. The Labute approximate surface area is 156 Å². The number of benzene rings is 2. The Kier molecular flexibility index (Phi) is 6.80. The second-order valence-corrected chi connectivity index (χ2v) is 6.71. The zero-order valence-corrected chi connectivity index (χ0v) is 15.4. The molecule has 0 fully saturated rings. The molecular formula is C19H20N2O4S. The first-order chi connectivity index (χ1) is 12.4. The lowest BCUT2D eigenvalue weighted by molar-refractivity contribution is -0.119. The number of anilines is 1. The number of nitrogens with two attached hydrogens (primary N) is 1. The molecular weight excluding hydrogens is 352 g/mol. The monoisotopic (exact) mass is 372 g/mol. The van der Waals surface area contributed by atoms with Crippen molar-refractivity contribution in [2.75, 3.05) is 17.7 Å². The van der Waals surface area contributed by atoms with Gasteiger partial charge in [-0.15, -0.1) is 11.8 Å². The molecule has 0 aliphatic heterocycles. The molecule has 0 spiro atoms. The van der Waals surface area contributed by atoms with Crippen molar-refractivity contribution < 1.29 is 19.1 Å². The highest BCUT2D eigenvalue weighted by Crippen LogP contribution is 2.26. The predicted molar refractivity (Wildman–Crippen MR) is 101 cm³/mol. The van der Waals surface area contributed by atoms with Gasteiger partial charge in [-0.3, -0.25) is 9.59 Å². The lowest BCUT2D eigenvalue weighted by atomic mass is 10.1. The van der Waals surface area contributed by atoms with Crippen LogP contribution >= 0.6 is 11.8 Å². The van der Waals surface area contributed by atoms with Gasteiger partial charge < -0.3 is 15.8 Å². The third kappa shape index (κ3) is 5.63. The number of primary amides is 1. The summed E-state index contributed by atoms with van der Waals surface area (Å²) in [6.07, 6.45) is 0. The summed E-state index contributed by atoms with van der Waals surface area (Å²) in [5.41, 5.74) is 7.95. The first-order valence-corrected chi connectivity index (χ1v) is 8.89. The highest BCUT2D eigenvalue weighted by atomic mass is 32.2. The lowest BCUT2D eigenvalue weighted by Gasteiger charge is -2.11. The van der Waals surface area contributed by atoms with Crippen LogP contribution in [-0.2, 0) is 14.3 Å². The SMILES string of the molecule is Cc1ccc(C(=O)OCC(=O)Nc2ccccc2SCC(N)=O)c(C)c1. The van der Waals surface area contributed by atoms with E-state index in [0.717, 1.165) is 11.1 Å². The quantitative estimate of drug-likeness (QED) is 0.575. The first-order valence-electron chi connectivity index (χ1n) is 7.91. The molecule has 3 N–H and O–H groups in total. The summed E-state index contributed by atoms with van der Waals surface area (Å²) in [5, 5.41) is 2.68. The number of hydrogen-bond donors (Lipinski definition) is 2. The van der Waals surface area contributed by atoms with Crippen LogP contribution in [0.3, 0.4) is 0 Å². The van der Waals surface area contributed by atoms with Gasteiger partial charge in [-0.1, -0.05) is 29.8 Å². The van der Waals surface area contributed by atoms with Gasteiger partial charge in [-0.25, -0.2) is 4.79 Å². The summed E-state index contributed by atoms with van der Waals surface area (Å²) < 4.78 is 5.09. The summed E-state index contributed by atoms with van der Waals surface area (Å²) in [5.74, 6) is -1.35. The molecule has 0 saturated carbocycles. The normalized spacial score (nSPS) is 10.2. The molecule has 0 bridgehead atoms. The molecule has 0 radical (unpaired) electrons. The van der Waals surface area contributed by atoms with Crippen molar-refractivity contribution in [3.63, 3.8) is 0 Å². The molecule has 0 aliphatic carbocycles. The molecule has 0 aliphatic rings. The minimum atomic E-state index is -0.547. The van der Waals surface area contributed by atoms with Crippen molar-refractivity contribution in [2.45, 2.75) is 18.7 Å². The molecule has 2 rings (SSSR count). The number of aryl methyl sites for hydroxylation is 2. The largest absolute Gasteiger partial charge is 0.452 e. The maximum atomic E-state index is 12.1. The Morgan fingerprint density at radius 2 is 1.85 bits per heavy atom. The first kappa shape index (κ1) is 19.5. The molecule has 2 amide bonds. The summed E-state index contributed by atoms with van der Waals surface area (Å²) in [6, 6.07) is 12.4. The molecule has 6 nitrogen and oxygen atoms in total. The maximum absolute atomic E-state index is 12.1. The number of para-hydroxylation sites is 1. The van der Waals surface area contributed by atoms with Crippen LogP contribution in [0, 0.1) is 13.8 Å². The second-order valence-electron chi connectivity index (χ2n) is 5.69. The number of esters is 1. The van der Waals surface area contributed by atoms with Crippen molar-refractivity contribution in [1.29, 1.82) is 0 Å². The van der Waals surface area contributed by atoms with Gasteiger partial charge in [0.2, 0.25) is 5.91 Å². The molecule has 0 aromatic heterocycles. The van der Waals surface area contributed by atoms with E-state index in [0.29, 0.717) is 16.1 Å². The molecule has 0 heterocycles. The van der Waals surface area contributed by atoms with E-state index in [4.69, 9.17) is 10.5 Å². The van der Waals surface area contributed by atoms with Gasteiger partial charge in [-0.05, 0) is 37.6 Å². The number of nitrogens with one attached hydrogen (secondary N) is 1. The van der Waals surface area contributed by atoms with Gasteiger partial charge in [-0.2, -0.15) is 0 Å². The second kappa shape index (κ2) is 9.05. The third-order valence-corrected chi connectivity index (χ3v) is 4.56. The van der Waals surface area contributed by atoms with Gasteiger partial charge in [0, 0.05) is 4.90 Å². The van der Waals surface area contributed by atoms with Crippen molar-refractivity contribution >= 4 is 35.2 Å². The number of carbonyl (C=O) groups is 3. The third-order valence-electron chi connectivity index (χ3n) is 3.47. The van der Waals surface area contributed by atoms with Gasteiger partial charge in [0.05, 0.1) is 17.0 Å². The van der Waals surface area contributed by atoms with Crippen LogP contribution in [0.4, 0.5) is 5.69 Å². The Bertz CT molecular complexity index is 836. The number of rotatable bonds is 7. The van der Waals surface area contributed by atoms with Crippen LogP contribution in [0.15, 0.2) is 47.4 Å². The highest BCUT2D eigenvalue weighted by Gasteiger charge is 2.14. The van der Waals surface area contributed by atoms with Gasteiger partial charge >= 0.3 is 5.97 Å². The zero-order chi connectivity index (χ0) is 19.1. The van der Waals surface area contributed by atoms with E-state index in [2.05, 4.69) is 5.32 Å². The summed E-state index contributed by atoms with van der Waals surface area (Å²) >= 11 is 1.22. The number of amides is 2. The average Bonchev–Trinajstić information content (AvgIpc) is 2.59. The molecule has 136 valence electrons.